The van der Waals surface area contributed by atoms with E-state index < -0.39 is 0 Å². The monoisotopic (exact) mass is 333 g/mol. The standard InChI is InChI=1S/C18H24FN3O2/c19-15-6-2-3-7-16(15)20-10-12-22(13-11-20)18(24)14-17(23)21-8-4-1-5-9-21/h2-3,6-7H,1,4-5,8-14H2. The van der Waals surface area contributed by atoms with E-state index in [2.05, 4.69) is 0 Å². The molecule has 2 aliphatic rings. The summed E-state index contributed by atoms with van der Waals surface area (Å²) in [5.41, 5.74) is 0.578. The van der Waals surface area contributed by atoms with Crippen molar-refractivity contribution in [1.82, 2.24) is 9.80 Å². The van der Waals surface area contributed by atoms with Crippen molar-refractivity contribution in [3.05, 3.63) is 30.1 Å². The highest BCUT2D eigenvalue weighted by Crippen LogP contribution is 2.20. The number of piperazine rings is 1. The minimum absolute atomic E-state index is 0.0420. The van der Waals surface area contributed by atoms with Crippen molar-refractivity contribution in [2.24, 2.45) is 0 Å². The van der Waals surface area contributed by atoms with Gasteiger partial charge in [-0.15, -0.1) is 0 Å². The fraction of sp³-hybridized carbons (Fsp3) is 0.556. The van der Waals surface area contributed by atoms with Crippen molar-refractivity contribution in [3.63, 3.8) is 0 Å². The summed E-state index contributed by atoms with van der Waals surface area (Å²) in [6, 6.07) is 6.69. The Morgan fingerprint density at radius 1 is 0.833 bits per heavy atom. The highest BCUT2D eigenvalue weighted by Gasteiger charge is 2.26. The Labute approximate surface area is 142 Å². The molecule has 2 heterocycles. The molecule has 2 fully saturated rings. The van der Waals surface area contributed by atoms with Crippen LogP contribution >= 0.6 is 0 Å². The predicted molar refractivity (Wildman–Crippen MR) is 90.2 cm³/mol. The molecule has 0 radical (unpaired) electrons. The lowest BCUT2D eigenvalue weighted by atomic mass is 10.1. The molecule has 2 saturated heterocycles. The molecule has 24 heavy (non-hydrogen) atoms. The third-order valence-corrected chi connectivity index (χ3v) is 4.84. The van der Waals surface area contributed by atoms with Crippen molar-refractivity contribution in [1.29, 1.82) is 0 Å². The molecular formula is C18H24FN3O2. The lowest BCUT2D eigenvalue weighted by Gasteiger charge is -2.36. The molecule has 130 valence electrons. The first-order valence-electron chi connectivity index (χ1n) is 8.70. The van der Waals surface area contributed by atoms with E-state index in [-0.39, 0.29) is 24.1 Å². The number of para-hydroxylation sites is 1. The van der Waals surface area contributed by atoms with Gasteiger partial charge in [0.25, 0.3) is 0 Å². The van der Waals surface area contributed by atoms with Crippen LogP contribution in [0.1, 0.15) is 25.7 Å². The molecule has 0 aliphatic carbocycles. The van der Waals surface area contributed by atoms with Crippen LogP contribution in [0.3, 0.4) is 0 Å². The van der Waals surface area contributed by atoms with Gasteiger partial charge in [0.2, 0.25) is 11.8 Å². The van der Waals surface area contributed by atoms with Crippen molar-refractivity contribution >= 4 is 17.5 Å². The summed E-state index contributed by atoms with van der Waals surface area (Å²) in [4.78, 5) is 30.0. The average molecular weight is 333 g/mol. The van der Waals surface area contributed by atoms with Gasteiger partial charge in [0.1, 0.15) is 12.2 Å². The number of likely N-dealkylation sites (tertiary alicyclic amines) is 1. The molecule has 2 aliphatic heterocycles. The van der Waals surface area contributed by atoms with Gasteiger partial charge in [0, 0.05) is 39.3 Å². The smallest absolute Gasteiger partial charge is 0.232 e. The lowest BCUT2D eigenvalue weighted by Crippen LogP contribution is -2.50. The summed E-state index contributed by atoms with van der Waals surface area (Å²) in [6.07, 6.45) is 3.18. The maximum Gasteiger partial charge on any atom is 0.232 e. The summed E-state index contributed by atoms with van der Waals surface area (Å²) < 4.78 is 13.8. The summed E-state index contributed by atoms with van der Waals surface area (Å²) >= 11 is 0. The Bertz CT molecular complexity index is 594. The number of rotatable bonds is 3. The number of amides is 2. The number of halogens is 1. The molecule has 0 N–H and O–H groups in total. The molecule has 0 bridgehead atoms. The van der Waals surface area contributed by atoms with E-state index in [0.717, 1.165) is 32.4 Å². The van der Waals surface area contributed by atoms with E-state index in [1.807, 2.05) is 11.0 Å². The number of nitrogens with zero attached hydrogens (tertiary/aromatic N) is 3. The molecule has 1 aromatic rings. The topological polar surface area (TPSA) is 43.9 Å². The number of hydrogen-bond acceptors (Lipinski definition) is 3. The maximum atomic E-state index is 13.8. The van der Waals surface area contributed by atoms with Crippen molar-refractivity contribution < 1.29 is 14.0 Å². The fourth-order valence-corrected chi connectivity index (χ4v) is 3.40. The Balaban J connectivity index is 1.50. The zero-order valence-electron chi connectivity index (χ0n) is 13.9. The second-order valence-electron chi connectivity index (χ2n) is 6.44. The maximum absolute atomic E-state index is 13.8. The van der Waals surface area contributed by atoms with Crippen LogP contribution in [0, 0.1) is 5.82 Å². The molecule has 2 amide bonds. The molecule has 5 nitrogen and oxygen atoms in total. The van der Waals surface area contributed by atoms with E-state index in [4.69, 9.17) is 0 Å². The zero-order chi connectivity index (χ0) is 16.9. The van der Waals surface area contributed by atoms with Gasteiger partial charge in [0.05, 0.1) is 5.69 Å². The summed E-state index contributed by atoms with van der Waals surface area (Å²) in [7, 11) is 0. The molecule has 0 atom stereocenters. The highest BCUT2D eigenvalue weighted by atomic mass is 19.1. The molecule has 6 heteroatoms. The SMILES string of the molecule is O=C(CC(=O)N1CCN(c2ccccc2F)CC1)N1CCCCC1. The summed E-state index contributed by atoms with van der Waals surface area (Å²) in [6.45, 7) is 3.77. The van der Waals surface area contributed by atoms with Crippen LogP contribution < -0.4 is 4.90 Å². The van der Waals surface area contributed by atoms with Crippen LogP contribution in [0.15, 0.2) is 24.3 Å². The van der Waals surface area contributed by atoms with E-state index in [1.165, 1.54) is 6.07 Å². The molecule has 0 aromatic heterocycles. The normalized spacial score (nSPS) is 18.6. The molecular weight excluding hydrogens is 309 g/mol. The fourth-order valence-electron chi connectivity index (χ4n) is 3.40. The van der Waals surface area contributed by atoms with Crippen molar-refractivity contribution in [2.75, 3.05) is 44.2 Å². The van der Waals surface area contributed by atoms with Gasteiger partial charge in [-0.3, -0.25) is 9.59 Å². The van der Waals surface area contributed by atoms with Crippen molar-refractivity contribution in [2.45, 2.75) is 25.7 Å². The van der Waals surface area contributed by atoms with Crippen LogP contribution in [0.4, 0.5) is 10.1 Å². The molecule has 0 unspecified atom stereocenters. The average Bonchev–Trinajstić information content (AvgIpc) is 2.63. The Morgan fingerprint density at radius 3 is 2.04 bits per heavy atom. The van der Waals surface area contributed by atoms with E-state index in [9.17, 15) is 14.0 Å². The molecule has 0 spiro atoms. The first-order valence-corrected chi connectivity index (χ1v) is 8.70. The zero-order valence-corrected chi connectivity index (χ0v) is 13.9. The first-order chi connectivity index (χ1) is 11.6. The lowest BCUT2D eigenvalue weighted by molar-refractivity contribution is -0.141. The van der Waals surface area contributed by atoms with E-state index in [0.29, 0.717) is 31.9 Å². The van der Waals surface area contributed by atoms with Gasteiger partial charge in [-0.2, -0.15) is 0 Å². The minimum Gasteiger partial charge on any atom is -0.366 e. The van der Waals surface area contributed by atoms with Gasteiger partial charge in [0.15, 0.2) is 0 Å². The summed E-state index contributed by atoms with van der Waals surface area (Å²) in [5.74, 6) is -0.410. The van der Waals surface area contributed by atoms with Crippen LogP contribution in [0.5, 0.6) is 0 Å². The van der Waals surface area contributed by atoms with Crippen LogP contribution in [0.25, 0.3) is 0 Å². The summed E-state index contributed by atoms with van der Waals surface area (Å²) in [5, 5.41) is 0. The molecule has 1 aromatic carbocycles. The number of carbonyl (C=O) groups excluding carboxylic acids is 2. The highest BCUT2D eigenvalue weighted by molar-refractivity contribution is 5.97. The van der Waals surface area contributed by atoms with E-state index in [1.54, 1.807) is 21.9 Å². The number of carbonyl (C=O) groups is 2. The Hall–Kier alpha value is -2.11. The number of piperidine rings is 1. The second-order valence-corrected chi connectivity index (χ2v) is 6.44. The predicted octanol–water partition coefficient (Wildman–Crippen LogP) is 1.88. The second kappa shape index (κ2) is 7.64. The first kappa shape index (κ1) is 16.7. The van der Waals surface area contributed by atoms with Gasteiger partial charge >= 0.3 is 0 Å². The number of benzene rings is 1. The van der Waals surface area contributed by atoms with Crippen LogP contribution in [-0.2, 0) is 9.59 Å². The quantitative estimate of drug-likeness (QED) is 0.793. The Kier molecular flexibility index (Phi) is 5.33. The number of hydrogen-bond donors (Lipinski definition) is 0. The minimum atomic E-state index is -0.238. The largest absolute Gasteiger partial charge is 0.366 e. The van der Waals surface area contributed by atoms with E-state index >= 15 is 0 Å². The molecule has 3 rings (SSSR count). The Morgan fingerprint density at radius 2 is 1.42 bits per heavy atom. The third-order valence-electron chi connectivity index (χ3n) is 4.84. The van der Waals surface area contributed by atoms with Crippen LogP contribution in [0.2, 0.25) is 0 Å². The van der Waals surface area contributed by atoms with Gasteiger partial charge in [-0.05, 0) is 31.4 Å². The third kappa shape index (κ3) is 3.86. The van der Waals surface area contributed by atoms with Crippen LogP contribution in [-0.4, -0.2) is 60.9 Å². The van der Waals surface area contributed by atoms with Gasteiger partial charge < -0.3 is 14.7 Å². The van der Waals surface area contributed by atoms with Crippen molar-refractivity contribution in [3.8, 4) is 0 Å². The van der Waals surface area contributed by atoms with Gasteiger partial charge in [-0.1, -0.05) is 12.1 Å². The molecule has 0 saturated carbocycles. The number of anilines is 1. The van der Waals surface area contributed by atoms with Gasteiger partial charge in [-0.25, -0.2) is 4.39 Å².